The molecule has 2 aromatic rings. The van der Waals surface area contributed by atoms with Crippen LogP contribution < -0.4 is 4.90 Å². The Kier molecular flexibility index (Phi) is 3.39. The van der Waals surface area contributed by atoms with E-state index in [2.05, 4.69) is 4.98 Å². The van der Waals surface area contributed by atoms with Crippen molar-refractivity contribution in [2.24, 2.45) is 0 Å². The van der Waals surface area contributed by atoms with Crippen molar-refractivity contribution in [1.82, 2.24) is 9.88 Å². The summed E-state index contributed by atoms with van der Waals surface area (Å²) in [7, 11) is 0. The first-order chi connectivity index (χ1) is 10.2. The average Bonchev–Trinajstić information content (AvgIpc) is 2.53. The normalized spacial score (nSPS) is 15.2. The molecule has 0 atom stereocenters. The van der Waals surface area contributed by atoms with Gasteiger partial charge in [0.2, 0.25) is 12.2 Å². The minimum atomic E-state index is -0.402. The van der Waals surface area contributed by atoms with Gasteiger partial charge in [-0.3, -0.25) is 14.9 Å². The molecular formula is C14H14N4O3. The molecule has 21 heavy (non-hydrogen) atoms. The highest BCUT2D eigenvalue weighted by molar-refractivity contribution is 5.84. The molecule has 1 aliphatic heterocycles. The third kappa shape index (κ3) is 2.49. The maximum absolute atomic E-state index is 11.3. The van der Waals surface area contributed by atoms with Crippen molar-refractivity contribution in [3.05, 3.63) is 40.4 Å². The fourth-order valence-electron chi connectivity index (χ4n) is 2.50. The SMILES string of the molecule is O=CN1CCN(c2nc3ccccc3cc2[N+](=O)[O-])CC1. The molecule has 1 amide bonds. The molecule has 0 bridgehead atoms. The van der Waals surface area contributed by atoms with Crippen molar-refractivity contribution >= 4 is 28.8 Å². The number of para-hydroxylation sites is 1. The van der Waals surface area contributed by atoms with E-state index < -0.39 is 4.92 Å². The van der Waals surface area contributed by atoms with E-state index in [1.807, 2.05) is 29.2 Å². The van der Waals surface area contributed by atoms with E-state index in [1.54, 1.807) is 11.0 Å². The predicted molar refractivity (Wildman–Crippen MR) is 78.2 cm³/mol. The summed E-state index contributed by atoms with van der Waals surface area (Å²) >= 11 is 0. The molecule has 0 saturated carbocycles. The van der Waals surface area contributed by atoms with Crippen molar-refractivity contribution in [2.45, 2.75) is 0 Å². The third-order valence-electron chi connectivity index (χ3n) is 3.64. The van der Waals surface area contributed by atoms with Gasteiger partial charge < -0.3 is 9.80 Å². The summed E-state index contributed by atoms with van der Waals surface area (Å²) < 4.78 is 0. The summed E-state index contributed by atoms with van der Waals surface area (Å²) in [5.41, 5.74) is 0.740. The Morgan fingerprint density at radius 3 is 2.57 bits per heavy atom. The zero-order chi connectivity index (χ0) is 14.8. The third-order valence-corrected chi connectivity index (χ3v) is 3.64. The van der Waals surface area contributed by atoms with Crippen LogP contribution in [-0.4, -0.2) is 47.4 Å². The second-order valence-electron chi connectivity index (χ2n) is 4.91. The van der Waals surface area contributed by atoms with Crippen LogP contribution in [0.5, 0.6) is 0 Å². The Bertz CT molecular complexity index is 696. The molecule has 1 aliphatic rings. The topological polar surface area (TPSA) is 79.6 Å². The maximum Gasteiger partial charge on any atom is 0.312 e. The van der Waals surface area contributed by atoms with Gasteiger partial charge in [-0.2, -0.15) is 0 Å². The van der Waals surface area contributed by atoms with Crippen LogP contribution >= 0.6 is 0 Å². The molecule has 0 aliphatic carbocycles. The number of carbonyl (C=O) groups is 1. The van der Waals surface area contributed by atoms with Gasteiger partial charge in [0.1, 0.15) is 0 Å². The van der Waals surface area contributed by atoms with Crippen LogP contribution in [0.3, 0.4) is 0 Å². The average molecular weight is 286 g/mol. The number of fused-ring (bicyclic) bond motifs is 1. The molecule has 7 nitrogen and oxygen atoms in total. The lowest BCUT2D eigenvalue weighted by atomic mass is 10.2. The molecule has 108 valence electrons. The number of anilines is 1. The lowest BCUT2D eigenvalue weighted by Gasteiger charge is -2.33. The Labute approximate surface area is 120 Å². The van der Waals surface area contributed by atoms with Crippen LogP contribution in [0.2, 0.25) is 0 Å². The molecule has 7 heteroatoms. The number of hydrogen-bond acceptors (Lipinski definition) is 5. The number of pyridine rings is 1. The Balaban J connectivity index is 2.02. The molecule has 2 heterocycles. The smallest absolute Gasteiger partial charge is 0.312 e. The number of carbonyl (C=O) groups excluding carboxylic acids is 1. The van der Waals surface area contributed by atoms with Gasteiger partial charge in [0.05, 0.1) is 10.4 Å². The molecule has 3 rings (SSSR count). The molecule has 1 aromatic heterocycles. The molecule has 0 spiro atoms. The highest BCUT2D eigenvalue weighted by atomic mass is 16.6. The molecule has 1 saturated heterocycles. The van der Waals surface area contributed by atoms with Crippen molar-refractivity contribution in [1.29, 1.82) is 0 Å². The highest BCUT2D eigenvalue weighted by Gasteiger charge is 2.25. The molecule has 0 radical (unpaired) electrons. The Morgan fingerprint density at radius 2 is 1.90 bits per heavy atom. The Morgan fingerprint density at radius 1 is 1.19 bits per heavy atom. The number of nitro groups is 1. The number of aromatic nitrogens is 1. The number of benzene rings is 1. The van der Waals surface area contributed by atoms with Crippen molar-refractivity contribution < 1.29 is 9.72 Å². The summed E-state index contributed by atoms with van der Waals surface area (Å²) in [5, 5.41) is 12.1. The monoisotopic (exact) mass is 286 g/mol. The Hall–Kier alpha value is -2.70. The van der Waals surface area contributed by atoms with E-state index in [0.29, 0.717) is 32.0 Å². The number of nitrogens with zero attached hydrogens (tertiary/aromatic N) is 4. The van der Waals surface area contributed by atoms with E-state index in [0.717, 1.165) is 17.3 Å². The summed E-state index contributed by atoms with van der Waals surface area (Å²) in [4.78, 5) is 29.6. The van der Waals surface area contributed by atoms with Gasteiger partial charge in [-0.25, -0.2) is 4.98 Å². The number of rotatable bonds is 3. The fourth-order valence-corrected chi connectivity index (χ4v) is 2.50. The summed E-state index contributed by atoms with van der Waals surface area (Å²) in [6.45, 7) is 2.19. The van der Waals surface area contributed by atoms with Gasteiger partial charge in [-0.15, -0.1) is 0 Å². The van der Waals surface area contributed by atoms with Gasteiger partial charge in [-0.1, -0.05) is 18.2 Å². The lowest BCUT2D eigenvalue weighted by molar-refractivity contribution is -0.384. The standard InChI is InChI=1S/C14H14N4O3/c19-10-16-5-7-17(8-6-16)14-13(18(20)21)9-11-3-1-2-4-12(11)15-14/h1-4,9-10H,5-8H2. The maximum atomic E-state index is 11.3. The first-order valence-electron chi connectivity index (χ1n) is 6.67. The van der Waals surface area contributed by atoms with Crippen LogP contribution in [0.4, 0.5) is 11.5 Å². The van der Waals surface area contributed by atoms with Gasteiger partial charge in [0, 0.05) is 37.6 Å². The lowest BCUT2D eigenvalue weighted by Crippen LogP contribution is -2.46. The first kappa shape index (κ1) is 13.3. The van der Waals surface area contributed by atoms with E-state index in [4.69, 9.17) is 0 Å². The molecule has 0 N–H and O–H groups in total. The van der Waals surface area contributed by atoms with Crippen molar-refractivity contribution in [3.63, 3.8) is 0 Å². The van der Waals surface area contributed by atoms with Crippen LogP contribution in [0, 0.1) is 10.1 Å². The minimum absolute atomic E-state index is 0.00764. The highest BCUT2D eigenvalue weighted by Crippen LogP contribution is 2.30. The molecule has 1 aromatic carbocycles. The van der Waals surface area contributed by atoms with Crippen molar-refractivity contribution in [3.8, 4) is 0 Å². The van der Waals surface area contributed by atoms with Crippen LogP contribution in [0.15, 0.2) is 30.3 Å². The second kappa shape index (κ2) is 5.35. The van der Waals surface area contributed by atoms with Gasteiger partial charge in [0.15, 0.2) is 0 Å². The quantitative estimate of drug-likeness (QED) is 0.484. The van der Waals surface area contributed by atoms with Crippen LogP contribution in [0.25, 0.3) is 10.9 Å². The van der Waals surface area contributed by atoms with Crippen molar-refractivity contribution in [2.75, 3.05) is 31.1 Å². The molecule has 0 unspecified atom stereocenters. The van der Waals surface area contributed by atoms with Gasteiger partial charge in [-0.05, 0) is 6.07 Å². The largest absolute Gasteiger partial charge is 0.347 e. The summed E-state index contributed by atoms with van der Waals surface area (Å²) in [6, 6.07) is 8.89. The van der Waals surface area contributed by atoms with Crippen LogP contribution in [0.1, 0.15) is 0 Å². The van der Waals surface area contributed by atoms with Gasteiger partial charge >= 0.3 is 5.69 Å². The van der Waals surface area contributed by atoms with Crippen LogP contribution in [-0.2, 0) is 4.79 Å². The predicted octanol–water partition coefficient (Wildman–Crippen LogP) is 1.42. The number of hydrogen-bond donors (Lipinski definition) is 0. The zero-order valence-corrected chi connectivity index (χ0v) is 11.3. The number of piperazine rings is 1. The van der Waals surface area contributed by atoms with E-state index in [-0.39, 0.29) is 5.69 Å². The fraction of sp³-hybridized carbons (Fsp3) is 0.286. The van der Waals surface area contributed by atoms with Gasteiger partial charge in [0.25, 0.3) is 0 Å². The molecule has 1 fully saturated rings. The second-order valence-corrected chi connectivity index (χ2v) is 4.91. The molecular weight excluding hydrogens is 272 g/mol. The number of amides is 1. The van der Waals surface area contributed by atoms with E-state index in [1.165, 1.54) is 0 Å². The minimum Gasteiger partial charge on any atom is -0.347 e. The summed E-state index contributed by atoms with van der Waals surface area (Å²) in [5.74, 6) is 0.379. The van der Waals surface area contributed by atoms with E-state index in [9.17, 15) is 14.9 Å². The summed E-state index contributed by atoms with van der Waals surface area (Å²) in [6.07, 6.45) is 0.805. The zero-order valence-electron chi connectivity index (χ0n) is 11.3. The van der Waals surface area contributed by atoms with E-state index >= 15 is 0 Å². The first-order valence-corrected chi connectivity index (χ1v) is 6.67.